The van der Waals surface area contributed by atoms with Crippen molar-refractivity contribution in [3.63, 3.8) is 0 Å². The second-order valence-electron chi connectivity index (χ2n) is 5.50. The molecular weight excluding hydrogens is 210 g/mol. The van der Waals surface area contributed by atoms with Gasteiger partial charge in [0.2, 0.25) is 0 Å². The number of imidazole rings is 1. The first-order valence-electron chi connectivity index (χ1n) is 6.97. The Morgan fingerprint density at radius 1 is 1.47 bits per heavy atom. The van der Waals surface area contributed by atoms with Crippen molar-refractivity contribution < 1.29 is 0 Å². The quantitative estimate of drug-likeness (QED) is 0.872. The van der Waals surface area contributed by atoms with Crippen LogP contribution < -0.4 is 5.73 Å². The molecule has 0 amide bonds. The maximum atomic E-state index is 5.93. The second-order valence-corrected chi connectivity index (χ2v) is 5.50. The number of hydrogen-bond donors (Lipinski definition) is 1. The molecule has 1 fully saturated rings. The summed E-state index contributed by atoms with van der Waals surface area (Å²) in [6, 6.07) is 0. The van der Waals surface area contributed by atoms with E-state index in [0.29, 0.717) is 11.8 Å². The minimum absolute atomic E-state index is 0.574. The highest BCUT2D eigenvalue weighted by Gasteiger charge is 2.31. The van der Waals surface area contributed by atoms with Crippen molar-refractivity contribution in [2.45, 2.75) is 52.0 Å². The lowest BCUT2D eigenvalue weighted by Crippen LogP contribution is -2.30. The lowest BCUT2D eigenvalue weighted by molar-refractivity contribution is 0.241. The van der Waals surface area contributed by atoms with E-state index in [0.717, 1.165) is 19.0 Å². The summed E-state index contributed by atoms with van der Waals surface area (Å²) in [4.78, 5) is 4.60. The Morgan fingerprint density at radius 2 is 2.29 bits per heavy atom. The van der Waals surface area contributed by atoms with Crippen molar-refractivity contribution in [2.75, 3.05) is 6.54 Å². The summed E-state index contributed by atoms with van der Waals surface area (Å²) in [5.74, 6) is 3.29. The van der Waals surface area contributed by atoms with Crippen LogP contribution >= 0.6 is 0 Å². The van der Waals surface area contributed by atoms with Crippen LogP contribution in [0.1, 0.15) is 51.3 Å². The van der Waals surface area contributed by atoms with E-state index in [1.807, 2.05) is 6.20 Å². The highest BCUT2D eigenvalue weighted by Crippen LogP contribution is 2.39. The summed E-state index contributed by atoms with van der Waals surface area (Å²) in [6.07, 6.45) is 9.07. The molecule has 3 heteroatoms. The maximum Gasteiger partial charge on any atom is 0.112 e. The van der Waals surface area contributed by atoms with Crippen molar-refractivity contribution in [3.05, 3.63) is 18.2 Å². The summed E-state index contributed by atoms with van der Waals surface area (Å²) < 4.78 is 2.32. The molecule has 0 aliphatic heterocycles. The molecule has 1 aromatic heterocycles. The zero-order valence-corrected chi connectivity index (χ0v) is 11.1. The minimum Gasteiger partial charge on any atom is -0.335 e. The third-order valence-electron chi connectivity index (χ3n) is 4.10. The molecule has 2 rings (SSSR count). The molecule has 0 saturated heterocycles. The Hall–Kier alpha value is -0.830. The highest BCUT2D eigenvalue weighted by molar-refractivity contribution is 5.05. The largest absolute Gasteiger partial charge is 0.335 e. The first-order valence-corrected chi connectivity index (χ1v) is 6.97. The van der Waals surface area contributed by atoms with E-state index in [1.165, 1.54) is 31.5 Å². The van der Waals surface area contributed by atoms with Gasteiger partial charge in [-0.2, -0.15) is 0 Å². The Kier molecular flexibility index (Phi) is 4.21. The van der Waals surface area contributed by atoms with E-state index in [2.05, 4.69) is 29.6 Å². The molecular formula is C14H25N3. The normalized spacial score (nSPS) is 29.5. The van der Waals surface area contributed by atoms with E-state index >= 15 is 0 Å². The van der Waals surface area contributed by atoms with Gasteiger partial charge in [0.1, 0.15) is 5.82 Å². The van der Waals surface area contributed by atoms with E-state index in [-0.39, 0.29) is 0 Å². The van der Waals surface area contributed by atoms with Gasteiger partial charge in [-0.3, -0.25) is 0 Å². The van der Waals surface area contributed by atoms with Gasteiger partial charge in [0.05, 0.1) is 0 Å². The first-order chi connectivity index (χ1) is 8.26. The topological polar surface area (TPSA) is 43.8 Å². The number of aryl methyl sites for hydroxylation is 1. The van der Waals surface area contributed by atoms with Gasteiger partial charge < -0.3 is 10.3 Å². The molecule has 1 aliphatic rings. The Morgan fingerprint density at radius 3 is 3.00 bits per heavy atom. The molecule has 17 heavy (non-hydrogen) atoms. The van der Waals surface area contributed by atoms with E-state index in [4.69, 9.17) is 5.73 Å². The van der Waals surface area contributed by atoms with Crippen molar-refractivity contribution in [2.24, 2.45) is 17.6 Å². The van der Waals surface area contributed by atoms with Gasteiger partial charge in [-0.25, -0.2) is 4.98 Å². The van der Waals surface area contributed by atoms with E-state index in [9.17, 15) is 0 Å². The van der Waals surface area contributed by atoms with Crippen LogP contribution in [0.2, 0.25) is 0 Å². The van der Waals surface area contributed by atoms with Gasteiger partial charge >= 0.3 is 0 Å². The SMILES string of the molecule is CCCn1ccnc1C1CC(C)CCC1CN. The number of nitrogens with two attached hydrogens (primary N) is 1. The Bertz CT molecular complexity index is 345. The summed E-state index contributed by atoms with van der Waals surface area (Å²) >= 11 is 0. The van der Waals surface area contributed by atoms with Crippen molar-refractivity contribution in [1.82, 2.24) is 9.55 Å². The molecule has 3 unspecified atom stereocenters. The van der Waals surface area contributed by atoms with Crippen LogP contribution in [0.4, 0.5) is 0 Å². The van der Waals surface area contributed by atoms with Crippen LogP contribution in [0.5, 0.6) is 0 Å². The van der Waals surface area contributed by atoms with Gasteiger partial charge in [0, 0.05) is 24.9 Å². The Labute approximate surface area is 104 Å². The molecule has 1 heterocycles. The van der Waals surface area contributed by atoms with Crippen LogP contribution in [0.15, 0.2) is 12.4 Å². The maximum absolute atomic E-state index is 5.93. The van der Waals surface area contributed by atoms with E-state index < -0.39 is 0 Å². The smallest absolute Gasteiger partial charge is 0.112 e. The average molecular weight is 235 g/mol. The molecule has 0 radical (unpaired) electrons. The number of hydrogen-bond acceptors (Lipinski definition) is 2. The highest BCUT2D eigenvalue weighted by atomic mass is 15.1. The molecule has 1 saturated carbocycles. The number of nitrogens with zero attached hydrogens (tertiary/aromatic N) is 2. The van der Waals surface area contributed by atoms with Crippen LogP contribution in [0.3, 0.4) is 0 Å². The first kappa shape index (κ1) is 12.6. The molecule has 3 nitrogen and oxygen atoms in total. The zero-order valence-electron chi connectivity index (χ0n) is 11.1. The molecule has 2 N–H and O–H groups in total. The lowest BCUT2D eigenvalue weighted by atomic mass is 9.74. The third-order valence-corrected chi connectivity index (χ3v) is 4.10. The predicted molar refractivity (Wildman–Crippen MR) is 70.8 cm³/mol. The summed E-state index contributed by atoms with van der Waals surface area (Å²) in [5, 5.41) is 0. The van der Waals surface area contributed by atoms with Crippen LogP contribution in [0.25, 0.3) is 0 Å². The third kappa shape index (κ3) is 2.71. The van der Waals surface area contributed by atoms with Crippen LogP contribution in [-0.2, 0) is 6.54 Å². The van der Waals surface area contributed by atoms with Crippen molar-refractivity contribution >= 4 is 0 Å². The molecule has 0 aromatic carbocycles. The zero-order chi connectivity index (χ0) is 12.3. The summed E-state index contributed by atoms with van der Waals surface area (Å²) in [7, 11) is 0. The lowest BCUT2D eigenvalue weighted by Gasteiger charge is -2.34. The second kappa shape index (κ2) is 5.67. The van der Waals surface area contributed by atoms with Gasteiger partial charge in [-0.1, -0.05) is 20.3 Å². The monoisotopic (exact) mass is 235 g/mol. The van der Waals surface area contributed by atoms with Gasteiger partial charge in [-0.15, -0.1) is 0 Å². The van der Waals surface area contributed by atoms with Crippen molar-refractivity contribution in [1.29, 1.82) is 0 Å². The molecule has 0 bridgehead atoms. The van der Waals surface area contributed by atoms with Crippen LogP contribution in [-0.4, -0.2) is 16.1 Å². The average Bonchev–Trinajstić information content (AvgIpc) is 2.77. The van der Waals surface area contributed by atoms with Gasteiger partial charge in [-0.05, 0) is 37.6 Å². The van der Waals surface area contributed by atoms with Crippen LogP contribution in [0, 0.1) is 11.8 Å². The van der Waals surface area contributed by atoms with Gasteiger partial charge in [0.15, 0.2) is 0 Å². The number of aromatic nitrogens is 2. The fourth-order valence-electron chi connectivity index (χ4n) is 3.12. The Balaban J connectivity index is 2.19. The van der Waals surface area contributed by atoms with E-state index in [1.54, 1.807) is 0 Å². The molecule has 1 aliphatic carbocycles. The summed E-state index contributed by atoms with van der Waals surface area (Å²) in [6.45, 7) is 6.45. The molecule has 0 spiro atoms. The standard InChI is InChI=1S/C14H25N3/c1-3-7-17-8-6-16-14(17)13-9-11(2)4-5-12(13)10-15/h6,8,11-13H,3-5,7,9-10,15H2,1-2H3. The fourth-order valence-corrected chi connectivity index (χ4v) is 3.12. The van der Waals surface area contributed by atoms with Gasteiger partial charge in [0.25, 0.3) is 0 Å². The minimum atomic E-state index is 0.574. The molecule has 3 atom stereocenters. The fraction of sp³-hybridized carbons (Fsp3) is 0.786. The number of rotatable bonds is 4. The molecule has 96 valence electrons. The molecule has 1 aromatic rings. The predicted octanol–water partition coefficient (Wildman–Crippen LogP) is 2.77. The summed E-state index contributed by atoms with van der Waals surface area (Å²) in [5.41, 5.74) is 5.93. The van der Waals surface area contributed by atoms with Crippen molar-refractivity contribution in [3.8, 4) is 0 Å².